The zero-order chi connectivity index (χ0) is 97.8. The Morgan fingerprint density at radius 3 is 1.13 bits per heavy atom. The average molecular weight is 2060 g/mol. The van der Waals surface area contributed by atoms with Crippen LogP contribution in [0.5, 0.6) is 34.9 Å². The smallest absolute Gasteiger partial charge is 0.408 e. The molecule has 759 valence electrons. The van der Waals surface area contributed by atoms with E-state index in [0.29, 0.717) is 95.9 Å². The summed E-state index contributed by atoms with van der Waals surface area (Å²) in [6.45, 7) is 22.1. The molecular weight excluding hydrogens is 1920 g/mol. The Kier molecular flexibility index (Phi) is 34.5. The Hall–Kier alpha value is -8.75. The number of hydrogen-bond donors (Lipinski definition) is 3. The van der Waals surface area contributed by atoms with Gasteiger partial charge in [-0.3, -0.25) is 14.4 Å². The first kappa shape index (κ1) is 109. The molecule has 24 atom stereocenters. The molecule has 6 aliphatic heterocycles. The number of rotatable bonds is 7. The number of pyridine rings is 1. The molecule has 6 aliphatic carbocycles. The Morgan fingerprint density at radius 1 is 0.407 bits per heavy atom. The quantitative estimate of drug-likeness (QED) is 0.0759. The van der Waals surface area contributed by atoms with Crippen molar-refractivity contribution in [2.75, 3.05) is 41.0 Å². The van der Waals surface area contributed by atoms with Crippen LogP contribution in [0.1, 0.15) is 241 Å². The molecule has 3 N–H and O–H groups in total. The number of aromatic nitrogens is 5. The number of fused-ring (bicyclic) bond motifs is 27. The van der Waals surface area contributed by atoms with Crippen LogP contribution in [0.25, 0.3) is 33.0 Å². The monoisotopic (exact) mass is 2050 g/mol. The van der Waals surface area contributed by atoms with Gasteiger partial charge in [-0.25, -0.2) is 58.2 Å². The number of halogens is 4. The molecule has 18 rings (SSSR count). The van der Waals surface area contributed by atoms with Crippen LogP contribution in [0.2, 0.25) is 0 Å². The molecule has 6 aromatic rings. The first-order valence-corrected chi connectivity index (χ1v) is 49.6. The largest absolute Gasteiger partial charge is 0.540 e. The number of benzene rings is 3. The van der Waals surface area contributed by atoms with Crippen LogP contribution < -0.4 is 44.4 Å². The van der Waals surface area contributed by atoms with Gasteiger partial charge in [0.05, 0.1) is 68.5 Å². The molecule has 12 bridgehead atoms. The third-order valence-electron chi connectivity index (χ3n) is 32.0. The molecule has 36 heteroatoms. The first-order chi connectivity index (χ1) is 65.2. The SMILES string of the molecule is CC[C@@H]1[C@@H]2CN(C(=O)[C@H](C(C)(C)C)NC(=O)O[C@@H]3[C@H]4CC[C@H](C4)[C@H]3CCCCC(F)(F)c3nc4ccc(OC)cc4nc3O2)[C@@H]1[C-]=O.COc1ccc2cc3c(nc2c1)O[C@H]1CN(C(=O)[C@H](C(C)(C)C)NC(=O)O[C@@H]2[C@H]4CC[C@H](C4)[C@H]2CCCCC3)[C@H]([C-]=O)[C@@H]1C.COc1ccc2nc3c(nc2c1)O[C@H]1CN(C(=O)[C@H](C(C)(C)C)NC(=O)O[C@@H]2[C@H]4CC[C@H](C4)[C@H]2CCCCC3(F)F)[C@H]([C-]=O)[C@@H]1C.[V].[V].[V]. The molecule has 6 saturated carbocycles. The molecule has 29 nitrogen and oxygen atoms in total. The van der Waals surface area contributed by atoms with Gasteiger partial charge in [-0.05, 0) is 232 Å². The summed E-state index contributed by atoms with van der Waals surface area (Å²) in [5, 5.41) is 9.61. The maximum Gasteiger partial charge on any atom is 0.408 e. The van der Waals surface area contributed by atoms with E-state index < -0.39 is 149 Å². The number of nitrogens with zero attached hydrogens (tertiary/aromatic N) is 8. The molecule has 140 heavy (non-hydrogen) atoms. The van der Waals surface area contributed by atoms with Crippen molar-refractivity contribution in [2.45, 2.75) is 315 Å². The maximum atomic E-state index is 16.2. The van der Waals surface area contributed by atoms with Gasteiger partial charge < -0.3 is 87.7 Å². The van der Waals surface area contributed by atoms with Crippen LogP contribution in [0.3, 0.4) is 0 Å². The third kappa shape index (κ3) is 22.8. The summed E-state index contributed by atoms with van der Waals surface area (Å²) >= 11 is 0. The van der Waals surface area contributed by atoms with Crippen LogP contribution >= 0.6 is 0 Å². The van der Waals surface area contributed by atoms with Crippen molar-refractivity contribution in [3.8, 4) is 34.9 Å². The van der Waals surface area contributed by atoms with Crippen molar-refractivity contribution in [1.82, 2.24) is 55.6 Å². The molecule has 9 fully saturated rings. The van der Waals surface area contributed by atoms with Gasteiger partial charge in [0, 0.05) is 97.7 Å². The summed E-state index contributed by atoms with van der Waals surface area (Å²) in [5.41, 5.74) is -0.278. The van der Waals surface area contributed by atoms with Crippen molar-refractivity contribution < 1.29 is 159 Å². The van der Waals surface area contributed by atoms with Gasteiger partial charge in [-0.2, -0.15) is 17.6 Å². The predicted molar refractivity (Wildman–Crippen MR) is 499 cm³/mol. The fourth-order valence-electron chi connectivity index (χ4n) is 24.5. The van der Waals surface area contributed by atoms with Gasteiger partial charge in [0.2, 0.25) is 35.4 Å². The van der Waals surface area contributed by atoms with E-state index >= 15 is 17.6 Å². The van der Waals surface area contributed by atoms with Crippen molar-refractivity contribution in [3.63, 3.8) is 0 Å². The van der Waals surface area contributed by atoms with Gasteiger partial charge in [-0.15, -0.1) is 0 Å². The fourth-order valence-corrected chi connectivity index (χ4v) is 24.5. The molecule has 12 aliphatic rings. The Bertz CT molecular complexity index is 5480. The average Bonchev–Trinajstić information content (AvgIpc) is 1.34. The Labute approximate surface area is 853 Å². The molecule has 3 aromatic carbocycles. The fraction of sp³-hybridized carbons (Fsp3) is 0.673. The van der Waals surface area contributed by atoms with Crippen LogP contribution in [0.15, 0.2) is 60.7 Å². The number of carbonyl (C=O) groups is 6. The number of ether oxygens (including phenoxy) is 9. The summed E-state index contributed by atoms with van der Waals surface area (Å²) < 4.78 is 118. The number of alkyl halides is 4. The second-order valence-electron chi connectivity index (χ2n) is 43.8. The van der Waals surface area contributed by atoms with Crippen molar-refractivity contribution in [3.05, 3.63) is 77.6 Å². The number of aryl methyl sites for hydroxylation is 1. The van der Waals surface area contributed by atoms with E-state index in [9.17, 15) is 43.2 Å². The molecule has 0 unspecified atom stereocenters. The van der Waals surface area contributed by atoms with E-state index in [1.807, 2.05) is 107 Å². The normalized spacial score (nSPS) is 32.3. The van der Waals surface area contributed by atoms with Gasteiger partial charge in [-0.1, -0.05) is 133 Å². The maximum absolute atomic E-state index is 16.2. The minimum Gasteiger partial charge on any atom is -0.540 e. The predicted octanol–water partition coefficient (Wildman–Crippen LogP) is 17.1. The molecule has 3 aromatic heterocycles. The Balaban J connectivity index is 0.000000175. The van der Waals surface area contributed by atoms with Crippen LogP contribution in [-0.2, 0) is 117 Å². The molecule has 3 radical (unpaired) electrons. The van der Waals surface area contributed by atoms with E-state index in [0.717, 1.165) is 99.9 Å². The standard InChI is InChI=1S/C35H45F2N4O6.C35H46N3O6.C34H43F2N4O6.3V/c1-6-22-26(18-42)41-17-27(22)46-31-29(38-24-13-12-21(45-5)16-25(24)39-31)35(36,37)14-8-7-9-23-19-10-11-20(15-19)28(23)47-33(44)40-30(32(41)43)34(2,3)4;1-20-28(19-39)38-18-29(20)43-32-24(16-22-13-14-25(42-5)17-27(22)36-32)9-7-6-8-10-26-21-11-12-23(15-21)30(26)44-34(41)37-31(33(38)40)35(2,3)4;1-18-25(17-41)40-16-26(18)45-30-28(37-23-12-11-21(44-5)15-24(23)38-30)34(35,36)13-7-6-8-22-19-9-10-20(14-19)27(22)46-32(43)39-29(31(40)42)33(2,3)4;;;/h12-13,16,19-20,22-23,26-28,30H,6-11,14-15,17H2,1-5H3,(H,40,44);13-14,16-17,20-21,23,26,28-31H,6-12,15,18H2,1-5H3,(H,37,41);11-12,15,18-20,22,25-27,29H,6-10,13-14,16H2,1-5H3,(H,39,43);;;/q3*-1;;;/t19-,20+,22+,23-,26-,27+,28-,30-;20-,21+,23-,26+,28+,29-,30+,31+;18-,19+,20-,22+,25+,26-,27+,29+;;;/m100.../s1. The van der Waals surface area contributed by atoms with Crippen molar-refractivity contribution >= 4 is 87.8 Å². The third-order valence-corrected chi connectivity index (χ3v) is 32.0. The molecule has 0 spiro atoms. The van der Waals surface area contributed by atoms with E-state index in [1.165, 1.54) is 35.3 Å². The van der Waals surface area contributed by atoms with Gasteiger partial charge in [0.15, 0.2) is 11.4 Å². The Morgan fingerprint density at radius 2 is 0.750 bits per heavy atom. The first-order valence-electron chi connectivity index (χ1n) is 49.6. The van der Waals surface area contributed by atoms with Gasteiger partial charge >= 0.3 is 18.3 Å². The minimum absolute atomic E-state index is 0. The van der Waals surface area contributed by atoms with E-state index in [-0.39, 0.29) is 165 Å². The topological polar surface area (TPSA) is 347 Å². The number of hydrogen-bond acceptors (Lipinski definition) is 23. The van der Waals surface area contributed by atoms with Gasteiger partial charge in [0.1, 0.15) is 72.0 Å². The number of methoxy groups -OCH3 is 3. The zero-order valence-corrected chi connectivity index (χ0v) is 87.0. The summed E-state index contributed by atoms with van der Waals surface area (Å²) in [4.78, 5) is 147. The summed E-state index contributed by atoms with van der Waals surface area (Å²) in [6, 6.07) is 11.8. The van der Waals surface area contributed by atoms with E-state index in [4.69, 9.17) is 47.6 Å². The van der Waals surface area contributed by atoms with Gasteiger partial charge in [0.25, 0.3) is 11.8 Å². The number of amides is 6. The number of alkyl carbamates (subject to hydrolysis) is 3. The number of carbonyl (C=O) groups excluding carboxylic acids is 9. The van der Waals surface area contributed by atoms with Crippen LogP contribution in [0.4, 0.5) is 31.9 Å². The zero-order valence-electron chi connectivity index (χ0n) is 82.8. The van der Waals surface area contributed by atoms with E-state index in [2.05, 4.69) is 48.2 Å². The molecule has 6 amide bonds. The van der Waals surface area contributed by atoms with Crippen molar-refractivity contribution in [1.29, 1.82) is 0 Å². The van der Waals surface area contributed by atoms with Crippen LogP contribution in [0, 0.1) is 87.3 Å². The number of nitrogens with one attached hydrogen (secondary N) is 3. The van der Waals surface area contributed by atoms with Crippen LogP contribution in [-0.4, -0.2) is 208 Å². The summed E-state index contributed by atoms with van der Waals surface area (Å²) in [5.74, 6) is -5.34. The summed E-state index contributed by atoms with van der Waals surface area (Å²) in [7, 11) is 4.62. The second-order valence-corrected chi connectivity index (χ2v) is 43.8. The van der Waals surface area contributed by atoms with Crippen molar-refractivity contribution in [2.24, 2.45) is 87.3 Å². The summed E-state index contributed by atoms with van der Waals surface area (Å²) in [6.07, 6.45) is 17.7. The minimum atomic E-state index is -3.37. The molecular formula is C104H134F4N11O18V3-3. The van der Waals surface area contributed by atoms with E-state index in [1.54, 1.807) is 50.4 Å². The molecule has 3 saturated heterocycles. The second kappa shape index (κ2) is 44.5. The molecule has 9 heterocycles.